The number of likely N-dealkylation sites (N-methyl/N-ethyl adjacent to an activating group) is 1. The van der Waals surface area contributed by atoms with Crippen molar-refractivity contribution < 1.29 is 4.79 Å². The average Bonchev–Trinajstić information content (AvgIpc) is 2.04. The van der Waals surface area contributed by atoms with Crippen molar-refractivity contribution >= 4 is 5.91 Å². The molecule has 0 atom stereocenters. The van der Waals surface area contributed by atoms with Gasteiger partial charge in [-0.15, -0.1) is 0 Å². The molecule has 13 heavy (non-hydrogen) atoms. The second-order valence-electron chi connectivity index (χ2n) is 3.81. The van der Waals surface area contributed by atoms with Crippen molar-refractivity contribution in [3.8, 4) is 0 Å². The van der Waals surface area contributed by atoms with Crippen LogP contribution in [0.2, 0.25) is 0 Å². The molecule has 0 aromatic rings. The third kappa shape index (κ3) is 4.24. The molecule has 0 rings (SSSR count). The van der Waals surface area contributed by atoms with Crippen LogP contribution in [0.3, 0.4) is 0 Å². The van der Waals surface area contributed by atoms with Crippen molar-refractivity contribution in [1.82, 2.24) is 4.90 Å². The van der Waals surface area contributed by atoms with Gasteiger partial charge in [-0.2, -0.15) is 0 Å². The average molecular weight is 187 g/mol. The van der Waals surface area contributed by atoms with Crippen LogP contribution in [0, 0.1) is 0 Å². The van der Waals surface area contributed by atoms with E-state index in [1.165, 1.54) is 0 Å². The molecule has 0 aliphatic heterocycles. The molecule has 0 spiro atoms. The molecule has 0 bridgehead atoms. The fourth-order valence-electron chi connectivity index (χ4n) is 1.26. The van der Waals surface area contributed by atoms with Gasteiger partial charge in [0.05, 0.1) is 0 Å². The van der Waals surface area contributed by atoms with E-state index in [1.54, 1.807) is 0 Å². The van der Waals surface area contributed by atoms with Crippen LogP contribution in [0.4, 0.5) is 0 Å². The zero-order valence-corrected chi connectivity index (χ0v) is 8.84. The summed E-state index contributed by atoms with van der Waals surface area (Å²) in [5.74, 6) is -0.258. The Morgan fingerprint density at radius 2 is 2.00 bits per heavy atom. The van der Waals surface area contributed by atoms with Gasteiger partial charge in [0.25, 0.3) is 0 Å². The monoisotopic (exact) mass is 187 g/mol. The van der Waals surface area contributed by atoms with Crippen molar-refractivity contribution in [2.45, 2.75) is 32.7 Å². The molecule has 0 aromatic carbocycles. The molecule has 4 heteroatoms. The molecular formula is C9H21N3O. The van der Waals surface area contributed by atoms with Crippen LogP contribution >= 0.6 is 0 Å². The second-order valence-corrected chi connectivity index (χ2v) is 3.81. The first kappa shape index (κ1) is 12.4. The first-order valence-corrected chi connectivity index (χ1v) is 4.67. The first-order valence-electron chi connectivity index (χ1n) is 4.67. The molecule has 0 unspecified atom stereocenters. The van der Waals surface area contributed by atoms with Gasteiger partial charge in [0.1, 0.15) is 0 Å². The van der Waals surface area contributed by atoms with Crippen LogP contribution in [0.5, 0.6) is 0 Å². The lowest BCUT2D eigenvalue weighted by Crippen LogP contribution is -2.50. The lowest BCUT2D eigenvalue weighted by molar-refractivity contribution is -0.118. The number of carbonyl (C=O) groups excluding carboxylic acids is 1. The number of primary amides is 1. The summed E-state index contributed by atoms with van der Waals surface area (Å²) >= 11 is 0. The maximum absolute atomic E-state index is 10.6. The Balaban J connectivity index is 4.09. The van der Waals surface area contributed by atoms with Crippen molar-refractivity contribution in [1.29, 1.82) is 0 Å². The van der Waals surface area contributed by atoms with E-state index in [-0.39, 0.29) is 11.4 Å². The number of hydrogen-bond donors (Lipinski definition) is 2. The highest BCUT2D eigenvalue weighted by Crippen LogP contribution is 2.12. The van der Waals surface area contributed by atoms with Gasteiger partial charge >= 0.3 is 0 Å². The minimum Gasteiger partial charge on any atom is -0.370 e. The van der Waals surface area contributed by atoms with Crippen molar-refractivity contribution in [2.24, 2.45) is 11.5 Å². The Hall–Kier alpha value is -0.610. The molecule has 1 amide bonds. The Labute approximate surface area is 80.3 Å². The first-order chi connectivity index (χ1) is 5.94. The van der Waals surface area contributed by atoms with Crippen LogP contribution < -0.4 is 11.5 Å². The van der Waals surface area contributed by atoms with E-state index in [4.69, 9.17) is 11.5 Å². The highest BCUT2D eigenvalue weighted by Gasteiger charge is 2.23. The van der Waals surface area contributed by atoms with Gasteiger partial charge in [-0.1, -0.05) is 6.92 Å². The maximum atomic E-state index is 10.6. The highest BCUT2D eigenvalue weighted by atomic mass is 16.1. The second kappa shape index (κ2) is 5.19. The number of carbonyl (C=O) groups is 1. The summed E-state index contributed by atoms with van der Waals surface area (Å²) < 4.78 is 0. The molecule has 78 valence electrons. The zero-order chi connectivity index (χ0) is 10.5. The fourth-order valence-corrected chi connectivity index (χ4v) is 1.26. The van der Waals surface area contributed by atoms with E-state index in [1.807, 2.05) is 0 Å². The lowest BCUT2D eigenvalue weighted by atomic mass is 10.0. The summed E-state index contributed by atoms with van der Waals surface area (Å²) in [6, 6.07) is 0. The van der Waals surface area contributed by atoms with Crippen LogP contribution in [0.15, 0.2) is 0 Å². The normalized spacial score (nSPS) is 12.1. The summed E-state index contributed by atoms with van der Waals surface area (Å²) in [4.78, 5) is 12.8. The van der Waals surface area contributed by atoms with E-state index < -0.39 is 0 Å². The number of nitrogens with two attached hydrogens (primary N) is 2. The smallest absolute Gasteiger partial charge is 0.218 e. The lowest BCUT2D eigenvalue weighted by Gasteiger charge is -2.36. The van der Waals surface area contributed by atoms with Gasteiger partial charge in [-0.25, -0.2) is 0 Å². The molecule has 0 aliphatic carbocycles. The molecule has 4 N–H and O–H groups in total. The van der Waals surface area contributed by atoms with Crippen LogP contribution in [0.1, 0.15) is 27.2 Å². The molecule has 0 heterocycles. The van der Waals surface area contributed by atoms with Crippen LogP contribution in [-0.2, 0) is 4.79 Å². The molecule has 0 saturated carbocycles. The summed E-state index contributed by atoms with van der Waals surface area (Å²) in [6.07, 6.45) is 0.400. The van der Waals surface area contributed by atoms with E-state index in [0.29, 0.717) is 19.5 Å². The topological polar surface area (TPSA) is 72.3 Å². The third-order valence-corrected chi connectivity index (χ3v) is 2.37. The zero-order valence-electron chi connectivity index (χ0n) is 8.84. The molecule has 0 fully saturated rings. The Morgan fingerprint density at radius 1 is 1.46 bits per heavy atom. The molecule has 0 radical (unpaired) electrons. The third-order valence-electron chi connectivity index (χ3n) is 2.37. The molecule has 0 aliphatic rings. The van der Waals surface area contributed by atoms with E-state index in [0.717, 1.165) is 6.54 Å². The predicted octanol–water partition coefficient (Wildman–Crippen LogP) is -0.0790. The van der Waals surface area contributed by atoms with Crippen molar-refractivity contribution in [3.05, 3.63) is 0 Å². The SMILES string of the molecule is CCN(CCC(N)=O)C(C)(C)CN. The number of rotatable bonds is 6. The fraction of sp³-hybridized carbons (Fsp3) is 0.889. The standard InChI is InChI=1S/C9H21N3O/c1-4-12(6-5-8(11)13)9(2,3)7-10/h4-7,10H2,1-3H3,(H2,11,13). The van der Waals surface area contributed by atoms with Gasteiger partial charge in [0.2, 0.25) is 5.91 Å². The van der Waals surface area contributed by atoms with Crippen molar-refractivity contribution in [2.75, 3.05) is 19.6 Å². The van der Waals surface area contributed by atoms with Crippen LogP contribution in [-0.4, -0.2) is 36.0 Å². The minimum atomic E-state index is -0.258. The number of amides is 1. The quantitative estimate of drug-likeness (QED) is 0.611. The number of hydrogen-bond acceptors (Lipinski definition) is 3. The summed E-state index contributed by atoms with van der Waals surface area (Å²) in [6.45, 7) is 8.35. The maximum Gasteiger partial charge on any atom is 0.218 e. The van der Waals surface area contributed by atoms with E-state index in [9.17, 15) is 4.79 Å². The molecular weight excluding hydrogens is 166 g/mol. The van der Waals surface area contributed by atoms with E-state index >= 15 is 0 Å². The molecule has 0 aromatic heterocycles. The minimum absolute atomic E-state index is 0.0514. The number of nitrogens with zero attached hydrogens (tertiary/aromatic N) is 1. The summed E-state index contributed by atoms with van der Waals surface area (Å²) in [5, 5.41) is 0. The van der Waals surface area contributed by atoms with Gasteiger partial charge in [0.15, 0.2) is 0 Å². The van der Waals surface area contributed by atoms with Gasteiger partial charge in [-0.3, -0.25) is 9.69 Å². The predicted molar refractivity (Wildman–Crippen MR) is 54.2 cm³/mol. The molecule has 4 nitrogen and oxygen atoms in total. The largest absolute Gasteiger partial charge is 0.370 e. The van der Waals surface area contributed by atoms with Gasteiger partial charge < -0.3 is 11.5 Å². The van der Waals surface area contributed by atoms with E-state index in [2.05, 4.69) is 25.7 Å². The Morgan fingerprint density at radius 3 is 2.31 bits per heavy atom. The Bertz CT molecular complexity index is 168. The Kier molecular flexibility index (Phi) is 4.95. The van der Waals surface area contributed by atoms with Crippen molar-refractivity contribution in [3.63, 3.8) is 0 Å². The van der Waals surface area contributed by atoms with Gasteiger partial charge in [-0.05, 0) is 20.4 Å². The van der Waals surface area contributed by atoms with Crippen LogP contribution in [0.25, 0.3) is 0 Å². The summed E-state index contributed by atoms with van der Waals surface area (Å²) in [7, 11) is 0. The van der Waals surface area contributed by atoms with Gasteiger partial charge in [0, 0.05) is 25.0 Å². The summed E-state index contributed by atoms with van der Waals surface area (Å²) in [5.41, 5.74) is 10.7. The highest BCUT2D eigenvalue weighted by molar-refractivity contribution is 5.73. The molecule has 0 saturated heterocycles.